The summed E-state index contributed by atoms with van der Waals surface area (Å²) in [6.45, 7) is 16.4. The number of amides is 2. The van der Waals surface area contributed by atoms with Crippen LogP contribution >= 0.6 is 21.6 Å². The highest BCUT2D eigenvalue weighted by molar-refractivity contribution is 8.76. The van der Waals surface area contributed by atoms with E-state index in [4.69, 9.17) is 0 Å². The summed E-state index contributed by atoms with van der Waals surface area (Å²) in [6.07, 6.45) is 16.5. The highest BCUT2D eigenvalue weighted by atomic mass is 33.1. The normalized spacial score (nSPS) is 14.4. The van der Waals surface area contributed by atoms with Gasteiger partial charge in [-0.15, -0.1) is 0 Å². The van der Waals surface area contributed by atoms with E-state index in [1.165, 1.54) is 60.8 Å². The van der Waals surface area contributed by atoms with E-state index in [2.05, 4.69) is 188 Å². The molecule has 2 aromatic heterocycles. The van der Waals surface area contributed by atoms with E-state index >= 15 is 0 Å². The molecule has 1 aliphatic carbocycles. The Hall–Kier alpha value is -6.23. The van der Waals surface area contributed by atoms with Crippen molar-refractivity contribution in [3.8, 4) is 0 Å². The van der Waals surface area contributed by atoms with Crippen LogP contribution in [0.4, 0.5) is 11.4 Å². The predicted octanol–water partition coefficient (Wildman–Crippen LogP) is 13.4. The van der Waals surface area contributed by atoms with Gasteiger partial charge in [-0.3, -0.25) is 9.59 Å². The standard InChI is InChI=1S/C60H66N6O2S2/c1-9-65-51-19-13-11-17-44(51)46-36-40(21-27-53(46)65)16-15-31-59(3,4)48-38-42(24-26-50(48)61-7)57(67)62-32-34-69-70-35-33-63-58(68)43-25-29-55-49(39-43)60(5,6)56(64(55)8)30-23-41-22-28-54-47(37-41)45-18-12-14-20-52(45)66(54)10-2/h11-13,15-19,21-30,36-39H,9-10,14,20,31-35H2,1-8H3,(H2-,61,62,63,67,68)/p+1/b16-15+. The Morgan fingerprint density at radius 2 is 1.39 bits per heavy atom. The van der Waals surface area contributed by atoms with Crippen LogP contribution in [0, 0.1) is 0 Å². The summed E-state index contributed by atoms with van der Waals surface area (Å²) in [6, 6.07) is 34.2. The van der Waals surface area contributed by atoms with Crippen LogP contribution in [0.25, 0.3) is 50.9 Å². The largest absolute Gasteiger partial charge is 0.388 e. The molecule has 1 aliphatic heterocycles. The van der Waals surface area contributed by atoms with E-state index in [9.17, 15) is 9.59 Å². The molecule has 7 aromatic rings. The Morgan fingerprint density at radius 3 is 2.10 bits per heavy atom. The molecule has 3 heterocycles. The minimum absolute atomic E-state index is 0.0650. The van der Waals surface area contributed by atoms with Crippen molar-refractivity contribution in [1.82, 2.24) is 19.8 Å². The number of fused-ring (bicyclic) bond motifs is 7. The van der Waals surface area contributed by atoms with Gasteiger partial charge in [0.15, 0.2) is 5.71 Å². The number of aromatic nitrogens is 2. The molecule has 5 aromatic carbocycles. The maximum absolute atomic E-state index is 13.4. The fourth-order valence-electron chi connectivity index (χ4n) is 10.8. The van der Waals surface area contributed by atoms with Crippen molar-refractivity contribution in [2.45, 2.75) is 84.7 Å². The van der Waals surface area contributed by atoms with Gasteiger partial charge in [0.1, 0.15) is 7.05 Å². The number of nitrogens with one attached hydrogen (secondary N) is 3. The first kappa shape index (κ1) is 48.8. The Labute approximate surface area is 421 Å². The van der Waals surface area contributed by atoms with Gasteiger partial charge in [-0.1, -0.05) is 90.1 Å². The average Bonchev–Trinajstić information content (AvgIpc) is 3.94. The molecule has 10 heteroatoms. The van der Waals surface area contributed by atoms with E-state index in [1.54, 1.807) is 21.6 Å². The maximum atomic E-state index is 13.4. The van der Waals surface area contributed by atoms with Gasteiger partial charge in [-0.05, 0) is 136 Å². The van der Waals surface area contributed by atoms with E-state index < -0.39 is 0 Å². The van der Waals surface area contributed by atoms with Crippen LogP contribution in [0.1, 0.15) is 109 Å². The maximum Gasteiger partial charge on any atom is 0.251 e. The van der Waals surface area contributed by atoms with Crippen LogP contribution in [-0.2, 0) is 30.3 Å². The smallest absolute Gasteiger partial charge is 0.251 e. The number of carbonyl (C=O) groups is 2. The topological polar surface area (TPSA) is 83.1 Å². The summed E-state index contributed by atoms with van der Waals surface area (Å²) in [7, 11) is 7.46. The molecule has 0 atom stereocenters. The van der Waals surface area contributed by atoms with Crippen molar-refractivity contribution >= 4 is 101 Å². The lowest BCUT2D eigenvalue weighted by Crippen LogP contribution is -2.28. The minimum Gasteiger partial charge on any atom is -0.388 e. The summed E-state index contributed by atoms with van der Waals surface area (Å²) < 4.78 is 7.10. The van der Waals surface area contributed by atoms with Gasteiger partial charge in [0.05, 0.1) is 5.41 Å². The van der Waals surface area contributed by atoms with E-state index in [1.807, 2.05) is 31.3 Å². The van der Waals surface area contributed by atoms with E-state index in [0.717, 1.165) is 66.4 Å². The molecule has 0 saturated heterocycles. The Balaban J connectivity index is 0.731. The molecule has 0 fully saturated rings. The van der Waals surface area contributed by atoms with Crippen LogP contribution in [0.2, 0.25) is 0 Å². The minimum atomic E-state index is -0.279. The molecule has 3 N–H and O–H groups in total. The fraction of sp³-hybridized carbons (Fsp3) is 0.317. The van der Waals surface area contributed by atoms with Gasteiger partial charge < -0.3 is 25.1 Å². The number of benzene rings is 5. The number of rotatable bonds is 18. The molecule has 0 radical (unpaired) electrons. The number of hydrogen-bond acceptors (Lipinski definition) is 5. The zero-order chi connectivity index (χ0) is 49.2. The summed E-state index contributed by atoms with van der Waals surface area (Å²) in [4.78, 5) is 26.8. The lowest BCUT2D eigenvalue weighted by atomic mass is 9.79. The molecule has 2 aliphatic rings. The molecular formula is C60H67N6O2S2+. The van der Waals surface area contributed by atoms with Crippen molar-refractivity contribution in [2.24, 2.45) is 0 Å². The Morgan fingerprint density at radius 1 is 0.743 bits per heavy atom. The Bertz CT molecular complexity index is 3270. The Kier molecular flexibility index (Phi) is 14.4. The van der Waals surface area contributed by atoms with Crippen molar-refractivity contribution < 1.29 is 14.2 Å². The third-order valence-corrected chi connectivity index (χ3v) is 16.9. The predicted molar refractivity (Wildman–Crippen MR) is 302 cm³/mol. The summed E-state index contributed by atoms with van der Waals surface area (Å²) in [5, 5.41) is 13.5. The van der Waals surface area contributed by atoms with Crippen molar-refractivity contribution in [3.63, 3.8) is 0 Å². The van der Waals surface area contributed by atoms with E-state index in [0.29, 0.717) is 24.2 Å². The number of carbonyl (C=O) groups excluding carboxylic acids is 2. The summed E-state index contributed by atoms with van der Waals surface area (Å²) in [5.74, 6) is 1.38. The fourth-order valence-corrected chi connectivity index (χ4v) is 12.6. The highest BCUT2D eigenvalue weighted by Gasteiger charge is 2.43. The number of para-hydroxylation sites is 1. The lowest BCUT2D eigenvalue weighted by molar-refractivity contribution is -0.401. The molecule has 0 bridgehead atoms. The molecular weight excluding hydrogens is 901 g/mol. The molecule has 0 spiro atoms. The quantitative estimate of drug-likeness (QED) is 0.0453. The van der Waals surface area contributed by atoms with Gasteiger partial charge >= 0.3 is 0 Å². The van der Waals surface area contributed by atoms with Crippen molar-refractivity contribution in [3.05, 3.63) is 160 Å². The van der Waals surface area contributed by atoms with Crippen LogP contribution in [0.3, 0.4) is 0 Å². The first-order valence-corrected chi connectivity index (χ1v) is 27.4. The molecule has 0 saturated carbocycles. The molecule has 9 rings (SSSR count). The second kappa shape index (κ2) is 20.6. The van der Waals surface area contributed by atoms with Crippen LogP contribution in [0.15, 0.2) is 115 Å². The van der Waals surface area contributed by atoms with Crippen LogP contribution in [-0.4, -0.2) is 69.9 Å². The van der Waals surface area contributed by atoms with Crippen molar-refractivity contribution in [1.29, 1.82) is 0 Å². The first-order chi connectivity index (χ1) is 33.8. The molecule has 70 heavy (non-hydrogen) atoms. The number of nitrogens with zero attached hydrogens (tertiary/aromatic N) is 3. The lowest BCUT2D eigenvalue weighted by Gasteiger charge is -2.27. The van der Waals surface area contributed by atoms with Gasteiger partial charge in [0, 0.05) is 123 Å². The average molecular weight is 968 g/mol. The second-order valence-electron chi connectivity index (χ2n) is 19.7. The van der Waals surface area contributed by atoms with Crippen LogP contribution < -0.4 is 16.0 Å². The molecule has 360 valence electrons. The first-order valence-electron chi connectivity index (χ1n) is 24.9. The number of anilines is 1. The molecule has 2 amide bonds. The summed E-state index contributed by atoms with van der Waals surface area (Å²) >= 11 is 0. The zero-order valence-corrected chi connectivity index (χ0v) is 43.7. The van der Waals surface area contributed by atoms with Crippen LogP contribution in [0.5, 0.6) is 0 Å². The monoisotopic (exact) mass is 967 g/mol. The highest BCUT2D eigenvalue weighted by Crippen LogP contribution is 2.41. The van der Waals surface area contributed by atoms with Gasteiger partial charge in [0.25, 0.3) is 11.8 Å². The van der Waals surface area contributed by atoms with E-state index in [-0.39, 0.29) is 22.6 Å². The van der Waals surface area contributed by atoms with Gasteiger partial charge in [-0.25, -0.2) is 0 Å². The SMILES string of the molecule is CCn1c2c(c3cc(/C=C/C4=[N+](C)c5ccc(C(=O)NCCSSCCNC(=O)c6ccc(NC)c(C(C)(C)C/C=C/c7ccc8c(c7)c7ccccc7n8CC)c6)cc5C4(C)C)ccc31)C=CCC2. The van der Waals surface area contributed by atoms with Crippen molar-refractivity contribution in [2.75, 3.05) is 44.0 Å². The summed E-state index contributed by atoms with van der Waals surface area (Å²) in [5.41, 5.74) is 15.4. The number of aryl methyl sites for hydroxylation is 2. The van der Waals surface area contributed by atoms with Gasteiger partial charge in [-0.2, -0.15) is 4.58 Å². The van der Waals surface area contributed by atoms with Gasteiger partial charge in [0.2, 0.25) is 5.69 Å². The molecule has 0 unspecified atom stereocenters. The number of allylic oxidation sites excluding steroid dienone is 3. The zero-order valence-electron chi connectivity index (χ0n) is 42.0. The third-order valence-electron chi connectivity index (χ3n) is 14.5. The number of hydrogen-bond donors (Lipinski definition) is 3. The second-order valence-corrected chi connectivity index (χ2v) is 22.4. The third kappa shape index (κ3) is 9.52. The molecule has 8 nitrogen and oxygen atoms in total.